The summed E-state index contributed by atoms with van der Waals surface area (Å²) in [5.41, 5.74) is 8.74. The van der Waals surface area contributed by atoms with Crippen LogP contribution < -0.4 is 16.6 Å². The van der Waals surface area contributed by atoms with Gasteiger partial charge in [-0.15, -0.1) is 0 Å². The summed E-state index contributed by atoms with van der Waals surface area (Å²) >= 11 is 0. The number of rotatable bonds is 7. The minimum Gasteiger partial charge on any atom is -0.478 e. The number of fused-ring (bicyclic) bond motifs is 1. The minimum atomic E-state index is -1.03. The molecule has 1 unspecified atom stereocenters. The van der Waals surface area contributed by atoms with E-state index >= 15 is 0 Å². The number of aromatic carboxylic acids is 1. The second-order valence-electron chi connectivity index (χ2n) is 7.36. The molecule has 2 aromatic carbocycles. The lowest BCUT2D eigenvalue weighted by atomic mass is 10.1. The molecule has 0 saturated heterocycles. The van der Waals surface area contributed by atoms with Crippen molar-refractivity contribution in [3.63, 3.8) is 0 Å². The first-order valence-corrected chi connectivity index (χ1v) is 10.3. The Labute approximate surface area is 184 Å². The maximum atomic E-state index is 13.7. The first-order chi connectivity index (χ1) is 15.5. The highest BCUT2D eigenvalue weighted by Crippen LogP contribution is 2.23. The Bertz CT molecular complexity index is 1320. The van der Waals surface area contributed by atoms with Crippen molar-refractivity contribution < 1.29 is 9.90 Å². The van der Waals surface area contributed by atoms with Gasteiger partial charge in [0.05, 0.1) is 40.4 Å². The van der Waals surface area contributed by atoms with Crippen LogP contribution in [0.1, 0.15) is 41.3 Å². The molecule has 0 saturated carbocycles. The van der Waals surface area contributed by atoms with E-state index in [9.17, 15) is 9.59 Å². The van der Waals surface area contributed by atoms with E-state index < -0.39 is 5.97 Å². The summed E-state index contributed by atoms with van der Waals surface area (Å²) in [5.74, 6) is -0.515. The maximum Gasteiger partial charge on any atom is 0.337 e. The molecule has 2 heterocycles. The number of para-hydroxylation sites is 1. The summed E-state index contributed by atoms with van der Waals surface area (Å²) < 4.78 is 1.57. The highest BCUT2D eigenvalue weighted by atomic mass is 16.4. The van der Waals surface area contributed by atoms with Crippen LogP contribution in [0.15, 0.2) is 71.7 Å². The van der Waals surface area contributed by atoms with Crippen LogP contribution in [0.2, 0.25) is 0 Å². The normalized spacial score (nSPS) is 11.9. The molecule has 162 valence electrons. The molecule has 0 aliphatic rings. The van der Waals surface area contributed by atoms with Crippen LogP contribution in [0, 0.1) is 0 Å². The average molecular weight is 429 g/mol. The number of pyridine rings is 1. The number of hydrogen-bond donors (Lipinski definition) is 3. The molecule has 0 fully saturated rings. The Hall–Kier alpha value is -4.04. The third-order valence-electron chi connectivity index (χ3n) is 5.24. The lowest BCUT2D eigenvalue weighted by Gasteiger charge is -2.18. The average Bonchev–Trinajstić information content (AvgIpc) is 2.82. The third-order valence-corrected chi connectivity index (χ3v) is 5.24. The Balaban J connectivity index is 1.79. The minimum absolute atomic E-state index is 0.119. The van der Waals surface area contributed by atoms with Gasteiger partial charge in [-0.1, -0.05) is 31.2 Å². The molecule has 0 spiro atoms. The summed E-state index contributed by atoms with van der Waals surface area (Å²) in [4.78, 5) is 33.6. The van der Waals surface area contributed by atoms with E-state index in [0.29, 0.717) is 46.8 Å². The van der Waals surface area contributed by atoms with Crippen molar-refractivity contribution in [2.24, 2.45) is 5.73 Å². The van der Waals surface area contributed by atoms with Crippen LogP contribution in [-0.4, -0.2) is 25.6 Å². The van der Waals surface area contributed by atoms with Crippen LogP contribution in [0.5, 0.6) is 0 Å². The van der Waals surface area contributed by atoms with Gasteiger partial charge >= 0.3 is 5.97 Å². The first-order valence-electron chi connectivity index (χ1n) is 10.3. The Kier molecular flexibility index (Phi) is 5.96. The van der Waals surface area contributed by atoms with Crippen molar-refractivity contribution >= 4 is 22.6 Å². The van der Waals surface area contributed by atoms with Crippen LogP contribution >= 0.6 is 0 Å². The van der Waals surface area contributed by atoms with Crippen LogP contribution in [-0.2, 0) is 6.54 Å². The van der Waals surface area contributed by atoms with E-state index in [2.05, 4.69) is 10.3 Å². The first kappa shape index (κ1) is 21.2. The highest BCUT2D eigenvalue weighted by Gasteiger charge is 2.19. The van der Waals surface area contributed by atoms with Crippen molar-refractivity contribution in [1.82, 2.24) is 14.5 Å². The van der Waals surface area contributed by atoms with Gasteiger partial charge in [-0.05, 0) is 42.8 Å². The van der Waals surface area contributed by atoms with Crippen molar-refractivity contribution in [1.29, 1.82) is 0 Å². The van der Waals surface area contributed by atoms with Crippen LogP contribution in [0.3, 0.4) is 0 Å². The fraction of sp³-hybridized carbons (Fsp3) is 0.167. The Morgan fingerprint density at radius 1 is 1.12 bits per heavy atom. The molecular weight excluding hydrogens is 406 g/mol. The number of nitrogens with one attached hydrogen (secondary N) is 1. The topological polar surface area (TPSA) is 123 Å². The summed E-state index contributed by atoms with van der Waals surface area (Å²) in [6.07, 6.45) is 1.95. The molecule has 0 aliphatic carbocycles. The molecule has 32 heavy (non-hydrogen) atoms. The van der Waals surface area contributed by atoms with Gasteiger partial charge in [0.15, 0.2) is 0 Å². The smallest absolute Gasteiger partial charge is 0.337 e. The number of carbonyl (C=O) groups is 1. The predicted molar refractivity (Wildman–Crippen MR) is 123 cm³/mol. The SMILES string of the molecule is CCC(N)c1nc2cccc(NCc3ccc(C(=O)O)cn3)c2c(=O)n1-c1ccccc1. The zero-order valence-electron chi connectivity index (χ0n) is 17.5. The molecule has 0 bridgehead atoms. The summed E-state index contributed by atoms with van der Waals surface area (Å²) in [7, 11) is 0. The zero-order valence-corrected chi connectivity index (χ0v) is 17.5. The van der Waals surface area contributed by atoms with Gasteiger partial charge in [-0.2, -0.15) is 0 Å². The molecule has 0 aliphatic heterocycles. The largest absolute Gasteiger partial charge is 0.478 e. The fourth-order valence-electron chi connectivity index (χ4n) is 3.49. The monoisotopic (exact) mass is 429 g/mol. The van der Waals surface area contributed by atoms with Crippen LogP contribution in [0.25, 0.3) is 16.6 Å². The van der Waals surface area contributed by atoms with Crippen molar-refractivity contribution in [3.8, 4) is 5.69 Å². The maximum absolute atomic E-state index is 13.7. The molecule has 4 rings (SSSR count). The van der Waals surface area contributed by atoms with Gasteiger partial charge in [0, 0.05) is 11.9 Å². The molecule has 0 amide bonds. The quantitative estimate of drug-likeness (QED) is 0.411. The van der Waals surface area contributed by atoms with E-state index in [-0.39, 0.29) is 17.2 Å². The lowest BCUT2D eigenvalue weighted by Crippen LogP contribution is -2.28. The fourth-order valence-corrected chi connectivity index (χ4v) is 3.49. The van der Waals surface area contributed by atoms with Gasteiger partial charge in [0.1, 0.15) is 5.82 Å². The number of anilines is 1. The van der Waals surface area contributed by atoms with Gasteiger partial charge in [0.25, 0.3) is 5.56 Å². The number of benzene rings is 2. The molecular formula is C24H23N5O3. The van der Waals surface area contributed by atoms with E-state index in [1.165, 1.54) is 12.3 Å². The Morgan fingerprint density at radius 2 is 1.91 bits per heavy atom. The highest BCUT2D eigenvalue weighted by molar-refractivity contribution is 5.91. The molecule has 2 aromatic heterocycles. The van der Waals surface area contributed by atoms with Gasteiger partial charge in [-0.3, -0.25) is 14.3 Å². The van der Waals surface area contributed by atoms with E-state index in [1.54, 1.807) is 16.7 Å². The number of carboxylic acids is 1. The predicted octanol–water partition coefficient (Wildman–Crippen LogP) is 3.50. The molecule has 4 aromatic rings. The van der Waals surface area contributed by atoms with E-state index in [1.807, 2.05) is 49.4 Å². The Morgan fingerprint density at radius 3 is 2.56 bits per heavy atom. The standard InChI is InChI=1S/C24H23N5O3/c1-2-18(25)22-28-20-10-6-9-19(27-14-16-12-11-15(13-26-16)24(31)32)21(20)23(30)29(22)17-7-4-3-5-8-17/h3-13,18,27H,2,14,25H2,1H3,(H,31,32). The van der Waals surface area contributed by atoms with Gasteiger partial charge < -0.3 is 16.2 Å². The van der Waals surface area contributed by atoms with E-state index in [0.717, 1.165) is 0 Å². The van der Waals surface area contributed by atoms with Gasteiger partial charge in [-0.25, -0.2) is 9.78 Å². The number of carboxylic acid groups (broad SMARTS) is 1. The molecule has 1 atom stereocenters. The second kappa shape index (κ2) is 8.99. The lowest BCUT2D eigenvalue weighted by molar-refractivity contribution is 0.0696. The summed E-state index contributed by atoms with van der Waals surface area (Å²) in [6, 6.07) is 17.5. The molecule has 4 N–H and O–H groups in total. The van der Waals surface area contributed by atoms with Crippen molar-refractivity contribution in [2.75, 3.05) is 5.32 Å². The number of hydrogen-bond acceptors (Lipinski definition) is 6. The molecule has 0 radical (unpaired) electrons. The van der Waals surface area contributed by atoms with E-state index in [4.69, 9.17) is 15.8 Å². The van der Waals surface area contributed by atoms with Crippen molar-refractivity contribution in [3.05, 3.63) is 94.3 Å². The van der Waals surface area contributed by atoms with Crippen molar-refractivity contribution in [2.45, 2.75) is 25.9 Å². The van der Waals surface area contributed by atoms with Crippen LogP contribution in [0.4, 0.5) is 5.69 Å². The number of nitrogens with two attached hydrogens (primary N) is 1. The van der Waals surface area contributed by atoms with Gasteiger partial charge in [0.2, 0.25) is 0 Å². The molecule has 8 heteroatoms. The zero-order chi connectivity index (χ0) is 22.7. The number of nitrogens with zero attached hydrogens (tertiary/aromatic N) is 3. The summed E-state index contributed by atoms with van der Waals surface area (Å²) in [5, 5.41) is 12.7. The summed E-state index contributed by atoms with van der Waals surface area (Å²) in [6.45, 7) is 2.27. The molecule has 8 nitrogen and oxygen atoms in total. The second-order valence-corrected chi connectivity index (χ2v) is 7.36. The number of aromatic nitrogens is 3. The third kappa shape index (κ3) is 4.08.